The van der Waals surface area contributed by atoms with E-state index in [0.29, 0.717) is 25.9 Å². The number of rotatable bonds is 46. The molecule has 64 heavy (non-hydrogen) atoms. The summed E-state index contributed by atoms with van der Waals surface area (Å²) in [5, 5.41) is 33.4. The zero-order chi connectivity index (χ0) is 48.1. The SMILES string of the molecule is CCCCCCCC/C=C\CCCCCCCC(=O)O.CCCCCCCC/C=C\CCCCCCCC(=O)O.CCCCCCCC/C=C\CCCCCCCC(=O)O.CCCO. The number of hydrogen-bond acceptors (Lipinski definition) is 4. The lowest BCUT2D eigenvalue weighted by molar-refractivity contribution is -0.138. The van der Waals surface area contributed by atoms with Crippen molar-refractivity contribution in [3.05, 3.63) is 36.5 Å². The fourth-order valence-electron chi connectivity index (χ4n) is 7.04. The number of carboxylic acid groups (broad SMARTS) is 3. The molecule has 0 atom stereocenters. The second-order valence-corrected chi connectivity index (χ2v) is 17.9. The molecule has 0 saturated heterocycles. The maximum Gasteiger partial charge on any atom is 0.303 e. The number of aliphatic carboxylic acids is 3. The van der Waals surface area contributed by atoms with E-state index in [2.05, 4.69) is 57.2 Å². The Balaban J connectivity index is -0.000000404. The summed E-state index contributed by atoms with van der Waals surface area (Å²) in [5.41, 5.74) is 0. The molecule has 7 nitrogen and oxygen atoms in total. The third-order valence-electron chi connectivity index (χ3n) is 11.2. The number of unbranched alkanes of at least 4 members (excludes halogenated alkanes) is 33. The van der Waals surface area contributed by atoms with Crippen LogP contribution in [-0.4, -0.2) is 44.9 Å². The van der Waals surface area contributed by atoms with Crippen molar-refractivity contribution in [2.45, 2.75) is 304 Å². The van der Waals surface area contributed by atoms with Crippen LogP contribution in [-0.2, 0) is 14.4 Å². The first kappa shape index (κ1) is 68.2. The summed E-state index contributed by atoms with van der Waals surface area (Å²) in [6.45, 7) is 9.03. The van der Waals surface area contributed by atoms with E-state index in [9.17, 15) is 14.4 Å². The van der Waals surface area contributed by atoms with Gasteiger partial charge in [-0.15, -0.1) is 0 Å². The summed E-state index contributed by atoms with van der Waals surface area (Å²) in [6, 6.07) is 0. The molecule has 4 N–H and O–H groups in total. The lowest BCUT2D eigenvalue weighted by Gasteiger charge is -1.99. The largest absolute Gasteiger partial charge is 0.481 e. The van der Waals surface area contributed by atoms with Gasteiger partial charge in [0, 0.05) is 25.9 Å². The first-order valence-electron chi connectivity index (χ1n) is 27.4. The topological polar surface area (TPSA) is 132 Å². The van der Waals surface area contributed by atoms with E-state index in [1.165, 1.54) is 212 Å². The van der Waals surface area contributed by atoms with Gasteiger partial charge in [-0.2, -0.15) is 0 Å². The minimum Gasteiger partial charge on any atom is -0.481 e. The zero-order valence-electron chi connectivity index (χ0n) is 43.1. The second-order valence-electron chi connectivity index (χ2n) is 17.9. The average Bonchev–Trinajstić information content (AvgIpc) is 3.28. The lowest BCUT2D eigenvalue weighted by atomic mass is 10.1. The van der Waals surface area contributed by atoms with Crippen LogP contribution in [0.5, 0.6) is 0 Å². The highest BCUT2D eigenvalue weighted by Crippen LogP contribution is 2.13. The van der Waals surface area contributed by atoms with E-state index in [-0.39, 0.29) is 0 Å². The molecule has 0 fully saturated rings. The Morgan fingerprint density at radius 3 is 0.578 bits per heavy atom. The standard InChI is InChI=1S/3C18H34O2.C3H8O/c3*1-2-3-4-5-6-7-8-9-10-11-12-13-14-15-16-17-18(19)20;1-2-3-4/h3*9-10H,2-8,11-17H2,1H3,(H,19,20);4H,2-3H2,1H3/b3*10-9-;. The van der Waals surface area contributed by atoms with E-state index in [1.807, 2.05) is 6.92 Å². The molecule has 0 bridgehead atoms. The number of aliphatic hydroxyl groups excluding tert-OH is 1. The fourth-order valence-corrected chi connectivity index (χ4v) is 7.04. The minimum atomic E-state index is -0.664. The van der Waals surface area contributed by atoms with Gasteiger partial charge >= 0.3 is 17.9 Å². The molecule has 0 rings (SSSR count). The molecule has 0 spiro atoms. The summed E-state index contributed by atoms with van der Waals surface area (Å²) in [5.74, 6) is -1.99. The Labute approximate surface area is 398 Å². The van der Waals surface area contributed by atoms with Crippen LogP contribution >= 0.6 is 0 Å². The van der Waals surface area contributed by atoms with E-state index in [1.54, 1.807) is 0 Å². The molecule has 0 aliphatic heterocycles. The van der Waals surface area contributed by atoms with Crippen molar-refractivity contribution in [3.63, 3.8) is 0 Å². The Morgan fingerprint density at radius 2 is 0.422 bits per heavy atom. The van der Waals surface area contributed by atoms with Crippen molar-refractivity contribution in [1.29, 1.82) is 0 Å². The number of carbonyl (C=O) groups is 3. The summed E-state index contributed by atoms with van der Waals surface area (Å²) < 4.78 is 0. The van der Waals surface area contributed by atoms with Gasteiger partial charge in [-0.25, -0.2) is 0 Å². The number of aliphatic hydroxyl groups is 1. The molecule has 0 amide bonds. The predicted octanol–water partition coefficient (Wildman–Crippen LogP) is 18.7. The quantitative estimate of drug-likeness (QED) is 0.0353. The number of carboxylic acids is 3. The van der Waals surface area contributed by atoms with Crippen LogP contribution in [0.2, 0.25) is 0 Å². The van der Waals surface area contributed by atoms with Gasteiger partial charge in [0.25, 0.3) is 0 Å². The average molecular weight is 907 g/mol. The maximum absolute atomic E-state index is 10.3. The third-order valence-corrected chi connectivity index (χ3v) is 11.2. The smallest absolute Gasteiger partial charge is 0.303 e. The molecular weight excluding hydrogens is 797 g/mol. The van der Waals surface area contributed by atoms with Crippen molar-refractivity contribution in [1.82, 2.24) is 0 Å². The molecule has 380 valence electrons. The Morgan fingerprint density at radius 1 is 0.266 bits per heavy atom. The van der Waals surface area contributed by atoms with E-state index < -0.39 is 17.9 Å². The van der Waals surface area contributed by atoms with E-state index in [0.717, 1.165) is 44.9 Å². The molecule has 0 aliphatic carbocycles. The molecule has 0 aromatic carbocycles. The Bertz CT molecular complexity index is 852. The molecule has 0 heterocycles. The normalized spacial score (nSPS) is 11.0. The van der Waals surface area contributed by atoms with Gasteiger partial charge in [-0.3, -0.25) is 14.4 Å². The van der Waals surface area contributed by atoms with Crippen LogP contribution in [0.4, 0.5) is 0 Å². The molecular formula is C57H110O7. The molecule has 7 heteroatoms. The number of allylic oxidation sites excluding steroid dienone is 6. The van der Waals surface area contributed by atoms with E-state index >= 15 is 0 Å². The molecule has 0 aliphatic rings. The lowest BCUT2D eigenvalue weighted by Crippen LogP contribution is -1.93. The van der Waals surface area contributed by atoms with Gasteiger partial charge in [0.05, 0.1) is 0 Å². The molecule has 0 aromatic heterocycles. The van der Waals surface area contributed by atoms with Gasteiger partial charge < -0.3 is 20.4 Å². The first-order valence-corrected chi connectivity index (χ1v) is 27.4. The van der Waals surface area contributed by atoms with Crippen molar-refractivity contribution in [2.75, 3.05) is 6.61 Å². The highest BCUT2D eigenvalue weighted by molar-refractivity contribution is 5.67. The van der Waals surface area contributed by atoms with Crippen molar-refractivity contribution in [2.24, 2.45) is 0 Å². The van der Waals surface area contributed by atoms with Crippen LogP contribution in [0.3, 0.4) is 0 Å². The van der Waals surface area contributed by atoms with Crippen LogP contribution in [0.1, 0.15) is 304 Å². The van der Waals surface area contributed by atoms with Crippen molar-refractivity contribution >= 4 is 17.9 Å². The molecule has 0 radical (unpaired) electrons. The first-order chi connectivity index (χ1) is 31.2. The zero-order valence-corrected chi connectivity index (χ0v) is 43.1. The minimum absolute atomic E-state index is 0.319. The van der Waals surface area contributed by atoms with Crippen LogP contribution in [0.25, 0.3) is 0 Å². The predicted molar refractivity (Wildman–Crippen MR) is 279 cm³/mol. The molecule has 0 saturated carbocycles. The molecule has 0 aromatic rings. The maximum atomic E-state index is 10.3. The van der Waals surface area contributed by atoms with Crippen LogP contribution in [0.15, 0.2) is 36.5 Å². The van der Waals surface area contributed by atoms with Crippen LogP contribution < -0.4 is 0 Å². The van der Waals surface area contributed by atoms with E-state index in [4.69, 9.17) is 20.4 Å². The Hall–Kier alpha value is -2.41. The van der Waals surface area contributed by atoms with Gasteiger partial charge in [-0.05, 0) is 103 Å². The molecule has 0 unspecified atom stereocenters. The van der Waals surface area contributed by atoms with Gasteiger partial charge in [0.15, 0.2) is 0 Å². The number of hydrogen-bond donors (Lipinski definition) is 4. The highest BCUT2D eigenvalue weighted by Gasteiger charge is 1.98. The third kappa shape index (κ3) is 83.2. The van der Waals surface area contributed by atoms with Gasteiger partial charge in [0.2, 0.25) is 0 Å². The summed E-state index contributed by atoms with van der Waals surface area (Å²) >= 11 is 0. The summed E-state index contributed by atoms with van der Waals surface area (Å²) in [7, 11) is 0. The van der Waals surface area contributed by atoms with Gasteiger partial charge in [0.1, 0.15) is 0 Å². The van der Waals surface area contributed by atoms with Crippen LogP contribution in [0, 0.1) is 0 Å². The fraction of sp³-hybridized carbons (Fsp3) is 0.842. The Kier molecular flexibility index (Phi) is 71.6. The van der Waals surface area contributed by atoms with Gasteiger partial charge in [-0.1, -0.05) is 218 Å². The monoisotopic (exact) mass is 907 g/mol. The van der Waals surface area contributed by atoms with Crippen molar-refractivity contribution < 1.29 is 34.8 Å². The highest BCUT2D eigenvalue weighted by atomic mass is 16.4. The second kappa shape index (κ2) is 67.2. The summed E-state index contributed by atoms with van der Waals surface area (Å²) in [4.78, 5) is 31.0. The van der Waals surface area contributed by atoms with Crippen molar-refractivity contribution in [3.8, 4) is 0 Å². The summed E-state index contributed by atoms with van der Waals surface area (Å²) in [6.07, 6.45) is 64.6.